The van der Waals surface area contributed by atoms with Gasteiger partial charge in [0.15, 0.2) is 0 Å². The van der Waals surface area contributed by atoms with E-state index >= 15 is 0 Å². The maximum Gasteiger partial charge on any atom is 0.116 e. The van der Waals surface area contributed by atoms with Gasteiger partial charge in [0.05, 0.1) is 0 Å². The number of halogens is 2. The molecule has 0 aromatic carbocycles. The first kappa shape index (κ1) is 8.44. The molecule has 0 aliphatic rings. The van der Waals surface area contributed by atoms with E-state index in [4.69, 9.17) is 11.6 Å². The van der Waals surface area contributed by atoms with E-state index in [1.54, 1.807) is 0 Å². The summed E-state index contributed by atoms with van der Waals surface area (Å²) in [5.74, 6) is -0.162. The average molecular weight is 147 g/mol. The summed E-state index contributed by atoms with van der Waals surface area (Å²) in [7, 11) is 0. The third-order valence-electron chi connectivity index (χ3n) is 0.672. The number of allylic oxidation sites excluding steroid dienone is 4. The van der Waals surface area contributed by atoms with Gasteiger partial charge in [-0.3, -0.25) is 0 Å². The first-order valence-corrected chi connectivity index (χ1v) is 2.96. The van der Waals surface area contributed by atoms with Gasteiger partial charge in [0.25, 0.3) is 0 Å². The molecule has 50 valence electrons. The molecule has 0 bridgehead atoms. The van der Waals surface area contributed by atoms with Crippen LogP contribution in [0, 0.1) is 0 Å². The van der Waals surface area contributed by atoms with Gasteiger partial charge in [0, 0.05) is 5.88 Å². The third kappa shape index (κ3) is 5.31. The minimum absolute atomic E-state index is 0.323. The van der Waals surface area contributed by atoms with Crippen molar-refractivity contribution in [1.82, 2.24) is 0 Å². The Morgan fingerprint density at radius 1 is 1.44 bits per heavy atom. The van der Waals surface area contributed by atoms with Crippen LogP contribution in [0.5, 0.6) is 0 Å². The smallest absolute Gasteiger partial charge is 0.116 e. The molecule has 0 heterocycles. The molecule has 0 saturated carbocycles. The standard InChI is InChI=1S/C7H8ClF/c1-6(5-8)3-4-7(2)9/h3-4H,1-2,5H2/b4-3-. The van der Waals surface area contributed by atoms with E-state index in [9.17, 15) is 4.39 Å². The van der Waals surface area contributed by atoms with Crippen molar-refractivity contribution in [3.63, 3.8) is 0 Å². The molecule has 0 aliphatic carbocycles. The Morgan fingerprint density at radius 3 is 2.33 bits per heavy atom. The monoisotopic (exact) mass is 146 g/mol. The fourth-order valence-electron chi connectivity index (χ4n) is 0.253. The largest absolute Gasteiger partial charge is 0.208 e. The van der Waals surface area contributed by atoms with Crippen molar-refractivity contribution >= 4 is 11.6 Å². The van der Waals surface area contributed by atoms with Crippen LogP contribution in [-0.2, 0) is 0 Å². The zero-order valence-electron chi connectivity index (χ0n) is 5.03. The summed E-state index contributed by atoms with van der Waals surface area (Å²) in [4.78, 5) is 0. The fraction of sp³-hybridized carbons (Fsp3) is 0.143. The normalized spacial score (nSPS) is 10.0. The lowest BCUT2D eigenvalue weighted by Gasteiger charge is -1.86. The van der Waals surface area contributed by atoms with Crippen molar-refractivity contribution < 1.29 is 4.39 Å². The summed E-state index contributed by atoms with van der Waals surface area (Å²) in [6.07, 6.45) is 2.72. The summed E-state index contributed by atoms with van der Waals surface area (Å²) >= 11 is 5.33. The quantitative estimate of drug-likeness (QED) is 0.424. The van der Waals surface area contributed by atoms with E-state index in [2.05, 4.69) is 13.2 Å². The Labute approximate surface area is 59.3 Å². The Bertz CT molecular complexity index is 147. The highest BCUT2D eigenvalue weighted by Crippen LogP contribution is 1.99. The maximum atomic E-state index is 11.8. The molecule has 0 unspecified atom stereocenters. The van der Waals surface area contributed by atoms with Crippen molar-refractivity contribution in [3.05, 3.63) is 36.7 Å². The minimum Gasteiger partial charge on any atom is -0.208 e. The van der Waals surface area contributed by atoms with E-state index in [-0.39, 0.29) is 0 Å². The fourth-order valence-corrected chi connectivity index (χ4v) is 0.342. The van der Waals surface area contributed by atoms with Gasteiger partial charge >= 0.3 is 0 Å². The second kappa shape index (κ2) is 4.33. The Balaban J connectivity index is 3.71. The van der Waals surface area contributed by atoms with Crippen molar-refractivity contribution in [2.75, 3.05) is 5.88 Å². The second-order valence-electron chi connectivity index (χ2n) is 1.57. The summed E-state index contributed by atoms with van der Waals surface area (Å²) in [5.41, 5.74) is 0.676. The molecule has 0 nitrogen and oxygen atoms in total. The Kier molecular flexibility index (Phi) is 4.06. The van der Waals surface area contributed by atoms with Crippen LogP contribution in [0.1, 0.15) is 0 Å². The summed E-state index contributed by atoms with van der Waals surface area (Å²) in [6, 6.07) is 0. The lowest BCUT2D eigenvalue weighted by molar-refractivity contribution is 0.671. The van der Waals surface area contributed by atoms with Crippen molar-refractivity contribution in [2.45, 2.75) is 0 Å². The maximum absolute atomic E-state index is 11.8. The van der Waals surface area contributed by atoms with Gasteiger partial charge in [-0.25, -0.2) is 4.39 Å². The van der Waals surface area contributed by atoms with Gasteiger partial charge in [0.2, 0.25) is 0 Å². The predicted octanol–water partition coefficient (Wildman–Crippen LogP) is 2.82. The van der Waals surface area contributed by atoms with Crippen molar-refractivity contribution in [3.8, 4) is 0 Å². The SMILES string of the molecule is C=C(F)/C=C\C(=C)CCl. The zero-order valence-corrected chi connectivity index (χ0v) is 5.79. The van der Waals surface area contributed by atoms with Crippen LogP contribution >= 0.6 is 11.6 Å². The van der Waals surface area contributed by atoms with Gasteiger partial charge < -0.3 is 0 Å². The van der Waals surface area contributed by atoms with Gasteiger partial charge in [-0.05, 0) is 11.6 Å². The topological polar surface area (TPSA) is 0 Å². The van der Waals surface area contributed by atoms with Crippen LogP contribution < -0.4 is 0 Å². The average Bonchev–Trinajstić information content (AvgIpc) is 1.83. The zero-order chi connectivity index (χ0) is 7.28. The number of hydrogen-bond acceptors (Lipinski definition) is 0. The highest BCUT2D eigenvalue weighted by Gasteiger charge is 1.83. The van der Waals surface area contributed by atoms with Gasteiger partial charge in [0.1, 0.15) is 5.83 Å². The van der Waals surface area contributed by atoms with E-state index in [0.717, 1.165) is 0 Å². The third-order valence-corrected chi connectivity index (χ3v) is 1.01. The lowest BCUT2D eigenvalue weighted by Crippen LogP contribution is -1.73. The molecular formula is C7H8ClF. The minimum atomic E-state index is -0.485. The van der Waals surface area contributed by atoms with Gasteiger partial charge in [-0.2, -0.15) is 0 Å². The molecule has 0 atom stereocenters. The molecule has 0 amide bonds. The molecule has 0 rings (SSSR count). The molecule has 0 fully saturated rings. The molecule has 0 aromatic rings. The van der Waals surface area contributed by atoms with E-state index < -0.39 is 5.83 Å². The Hall–Kier alpha value is -0.560. The predicted molar refractivity (Wildman–Crippen MR) is 39.2 cm³/mol. The van der Waals surface area contributed by atoms with Crippen LogP contribution in [0.3, 0.4) is 0 Å². The summed E-state index contributed by atoms with van der Waals surface area (Å²) in [6.45, 7) is 6.54. The van der Waals surface area contributed by atoms with Gasteiger partial charge in [-0.15, -0.1) is 11.6 Å². The lowest BCUT2D eigenvalue weighted by atomic mass is 10.3. The van der Waals surface area contributed by atoms with E-state index in [1.165, 1.54) is 12.2 Å². The van der Waals surface area contributed by atoms with Crippen molar-refractivity contribution in [2.24, 2.45) is 0 Å². The number of rotatable bonds is 3. The number of alkyl halides is 1. The summed E-state index contributed by atoms with van der Waals surface area (Å²) < 4.78 is 11.8. The first-order valence-electron chi connectivity index (χ1n) is 2.43. The van der Waals surface area contributed by atoms with Crippen LogP contribution in [0.4, 0.5) is 4.39 Å². The van der Waals surface area contributed by atoms with Gasteiger partial charge in [-0.1, -0.05) is 19.2 Å². The first-order chi connectivity index (χ1) is 4.16. The molecular weight excluding hydrogens is 139 g/mol. The van der Waals surface area contributed by atoms with E-state index in [0.29, 0.717) is 11.5 Å². The molecule has 0 radical (unpaired) electrons. The second-order valence-corrected chi connectivity index (χ2v) is 1.84. The molecule has 0 N–H and O–H groups in total. The highest BCUT2D eigenvalue weighted by molar-refractivity contribution is 6.19. The molecule has 0 saturated heterocycles. The number of hydrogen-bond donors (Lipinski definition) is 0. The van der Waals surface area contributed by atoms with Crippen LogP contribution in [0.2, 0.25) is 0 Å². The van der Waals surface area contributed by atoms with Crippen LogP contribution in [0.15, 0.2) is 36.7 Å². The molecule has 9 heavy (non-hydrogen) atoms. The molecule has 0 aromatic heterocycles. The van der Waals surface area contributed by atoms with Crippen molar-refractivity contribution in [1.29, 1.82) is 0 Å². The van der Waals surface area contributed by atoms with E-state index in [1.807, 2.05) is 0 Å². The Morgan fingerprint density at radius 2 is 2.00 bits per heavy atom. The molecule has 0 spiro atoms. The van der Waals surface area contributed by atoms with Crippen LogP contribution in [0.25, 0.3) is 0 Å². The molecule has 0 aliphatic heterocycles. The molecule has 2 heteroatoms. The highest BCUT2D eigenvalue weighted by atomic mass is 35.5. The van der Waals surface area contributed by atoms with Crippen LogP contribution in [-0.4, -0.2) is 5.88 Å². The summed E-state index contributed by atoms with van der Waals surface area (Å²) in [5, 5.41) is 0.